The molecule has 0 fully saturated rings. The SMILES string of the molecule is COc1ccc(CNCCCOCCCl)cc1Br. The lowest BCUT2D eigenvalue weighted by molar-refractivity contribution is 0.146. The molecule has 1 rings (SSSR count). The molecule has 0 amide bonds. The second-order valence-corrected chi connectivity index (χ2v) is 5.03. The number of benzene rings is 1. The summed E-state index contributed by atoms with van der Waals surface area (Å²) in [4.78, 5) is 0. The van der Waals surface area contributed by atoms with Crippen LogP contribution in [0.15, 0.2) is 22.7 Å². The lowest BCUT2D eigenvalue weighted by Gasteiger charge is -2.08. The number of halogens is 2. The fourth-order valence-electron chi connectivity index (χ4n) is 1.51. The maximum Gasteiger partial charge on any atom is 0.133 e. The maximum absolute atomic E-state index is 5.51. The summed E-state index contributed by atoms with van der Waals surface area (Å²) in [5.74, 6) is 1.42. The van der Waals surface area contributed by atoms with Gasteiger partial charge in [-0.25, -0.2) is 0 Å². The Kier molecular flexibility index (Phi) is 8.42. The van der Waals surface area contributed by atoms with Crippen LogP contribution in [0.2, 0.25) is 0 Å². The zero-order valence-corrected chi connectivity index (χ0v) is 12.9. The number of hydrogen-bond acceptors (Lipinski definition) is 3. The Morgan fingerprint density at radius 2 is 2.17 bits per heavy atom. The molecule has 0 atom stereocenters. The van der Waals surface area contributed by atoms with E-state index in [1.165, 1.54) is 5.56 Å². The van der Waals surface area contributed by atoms with Crippen molar-refractivity contribution in [1.29, 1.82) is 0 Å². The van der Waals surface area contributed by atoms with Crippen LogP contribution in [0.5, 0.6) is 5.75 Å². The molecule has 0 radical (unpaired) electrons. The molecule has 1 aromatic rings. The van der Waals surface area contributed by atoms with E-state index in [-0.39, 0.29) is 0 Å². The van der Waals surface area contributed by atoms with Gasteiger partial charge in [-0.3, -0.25) is 0 Å². The predicted molar refractivity (Wildman–Crippen MR) is 78.6 cm³/mol. The summed E-state index contributed by atoms with van der Waals surface area (Å²) in [7, 11) is 1.67. The minimum Gasteiger partial charge on any atom is -0.496 e. The number of rotatable bonds is 9. The van der Waals surface area contributed by atoms with Crippen molar-refractivity contribution in [1.82, 2.24) is 5.32 Å². The number of hydrogen-bond donors (Lipinski definition) is 1. The van der Waals surface area contributed by atoms with E-state index in [2.05, 4.69) is 33.4 Å². The van der Waals surface area contributed by atoms with Gasteiger partial charge in [-0.2, -0.15) is 0 Å². The first-order chi connectivity index (χ1) is 8.77. The van der Waals surface area contributed by atoms with Crippen LogP contribution >= 0.6 is 27.5 Å². The quantitative estimate of drug-likeness (QED) is 0.555. The van der Waals surface area contributed by atoms with Crippen LogP contribution in [0.4, 0.5) is 0 Å². The number of alkyl halides is 1. The van der Waals surface area contributed by atoms with Crippen molar-refractivity contribution in [2.45, 2.75) is 13.0 Å². The summed E-state index contributed by atoms with van der Waals surface area (Å²) in [6, 6.07) is 6.08. The topological polar surface area (TPSA) is 30.5 Å². The number of nitrogens with one attached hydrogen (secondary N) is 1. The third kappa shape index (κ3) is 6.05. The average molecular weight is 337 g/mol. The Morgan fingerprint density at radius 3 is 2.83 bits per heavy atom. The first-order valence-corrected chi connectivity index (χ1v) is 7.27. The van der Waals surface area contributed by atoms with Crippen LogP contribution in [0.3, 0.4) is 0 Å². The molecule has 0 unspecified atom stereocenters. The van der Waals surface area contributed by atoms with Gasteiger partial charge >= 0.3 is 0 Å². The van der Waals surface area contributed by atoms with E-state index in [0.717, 1.165) is 36.3 Å². The zero-order valence-electron chi connectivity index (χ0n) is 10.5. The van der Waals surface area contributed by atoms with Gasteiger partial charge in [-0.05, 0) is 46.6 Å². The zero-order chi connectivity index (χ0) is 13.2. The van der Waals surface area contributed by atoms with Crippen molar-refractivity contribution >= 4 is 27.5 Å². The van der Waals surface area contributed by atoms with Crippen molar-refractivity contribution in [2.75, 3.05) is 32.7 Å². The van der Waals surface area contributed by atoms with Gasteiger partial charge in [0.15, 0.2) is 0 Å². The average Bonchev–Trinajstić information content (AvgIpc) is 2.38. The first kappa shape index (κ1) is 15.8. The third-order valence-electron chi connectivity index (χ3n) is 2.41. The molecular formula is C13H19BrClNO2. The highest BCUT2D eigenvalue weighted by Crippen LogP contribution is 2.25. The molecule has 0 bridgehead atoms. The van der Waals surface area contributed by atoms with Crippen molar-refractivity contribution in [2.24, 2.45) is 0 Å². The first-order valence-electron chi connectivity index (χ1n) is 5.94. The molecular weight excluding hydrogens is 318 g/mol. The molecule has 0 spiro atoms. The van der Waals surface area contributed by atoms with Crippen molar-refractivity contribution < 1.29 is 9.47 Å². The van der Waals surface area contributed by atoms with Gasteiger partial charge < -0.3 is 14.8 Å². The Morgan fingerprint density at radius 1 is 1.33 bits per heavy atom. The lowest BCUT2D eigenvalue weighted by atomic mass is 10.2. The lowest BCUT2D eigenvalue weighted by Crippen LogP contribution is -2.16. The minimum absolute atomic E-state index is 0.563. The highest BCUT2D eigenvalue weighted by atomic mass is 79.9. The van der Waals surface area contributed by atoms with Crippen molar-refractivity contribution in [3.05, 3.63) is 28.2 Å². The van der Waals surface area contributed by atoms with Gasteiger partial charge in [0.2, 0.25) is 0 Å². The summed E-state index contributed by atoms with van der Waals surface area (Å²) < 4.78 is 11.5. The standard InChI is InChI=1S/C13H19BrClNO2/c1-17-13-4-3-11(9-12(13)14)10-16-6-2-7-18-8-5-15/h3-4,9,16H,2,5-8,10H2,1H3. The van der Waals surface area contributed by atoms with Crippen LogP contribution in [0.1, 0.15) is 12.0 Å². The van der Waals surface area contributed by atoms with E-state index in [4.69, 9.17) is 21.1 Å². The van der Waals surface area contributed by atoms with Gasteiger partial charge in [-0.15, -0.1) is 11.6 Å². The maximum atomic E-state index is 5.51. The Labute approximate surface area is 122 Å². The highest BCUT2D eigenvalue weighted by molar-refractivity contribution is 9.10. The van der Waals surface area contributed by atoms with E-state index in [1.54, 1.807) is 7.11 Å². The molecule has 18 heavy (non-hydrogen) atoms. The minimum atomic E-state index is 0.563. The van der Waals surface area contributed by atoms with Crippen LogP contribution in [-0.2, 0) is 11.3 Å². The van der Waals surface area contributed by atoms with Crippen LogP contribution in [0.25, 0.3) is 0 Å². The molecule has 0 saturated heterocycles. The monoisotopic (exact) mass is 335 g/mol. The van der Waals surface area contributed by atoms with E-state index in [0.29, 0.717) is 12.5 Å². The molecule has 102 valence electrons. The molecule has 0 aromatic heterocycles. The molecule has 0 saturated carbocycles. The van der Waals surface area contributed by atoms with E-state index >= 15 is 0 Å². The molecule has 3 nitrogen and oxygen atoms in total. The van der Waals surface area contributed by atoms with Crippen LogP contribution in [-0.4, -0.2) is 32.7 Å². The molecule has 1 aromatic carbocycles. The van der Waals surface area contributed by atoms with Crippen LogP contribution in [0, 0.1) is 0 Å². The van der Waals surface area contributed by atoms with Gasteiger partial charge in [0.1, 0.15) is 5.75 Å². The summed E-state index contributed by atoms with van der Waals surface area (Å²) in [5.41, 5.74) is 1.23. The predicted octanol–water partition coefficient (Wildman–Crippen LogP) is 3.19. The number of ether oxygens (including phenoxy) is 2. The molecule has 1 N–H and O–H groups in total. The fraction of sp³-hybridized carbons (Fsp3) is 0.538. The van der Waals surface area contributed by atoms with Gasteiger partial charge in [0.05, 0.1) is 18.2 Å². The second-order valence-electron chi connectivity index (χ2n) is 3.80. The summed E-state index contributed by atoms with van der Waals surface area (Å²) in [6.45, 7) is 3.17. The smallest absolute Gasteiger partial charge is 0.133 e. The number of methoxy groups -OCH3 is 1. The largest absolute Gasteiger partial charge is 0.496 e. The molecule has 0 aliphatic carbocycles. The Bertz CT molecular complexity index is 350. The van der Waals surface area contributed by atoms with E-state index in [1.807, 2.05) is 6.07 Å². The fourth-order valence-corrected chi connectivity index (χ4v) is 2.21. The normalized spacial score (nSPS) is 10.6. The molecule has 5 heteroatoms. The molecule has 0 aliphatic rings. The second kappa shape index (κ2) is 9.62. The highest BCUT2D eigenvalue weighted by Gasteiger charge is 2.00. The van der Waals surface area contributed by atoms with E-state index in [9.17, 15) is 0 Å². The van der Waals surface area contributed by atoms with Gasteiger partial charge in [0.25, 0.3) is 0 Å². The van der Waals surface area contributed by atoms with Crippen molar-refractivity contribution in [3.63, 3.8) is 0 Å². The Balaban J connectivity index is 2.17. The summed E-state index contributed by atoms with van der Waals surface area (Å²) >= 11 is 8.98. The summed E-state index contributed by atoms with van der Waals surface area (Å²) in [5, 5.41) is 3.37. The van der Waals surface area contributed by atoms with Gasteiger partial charge in [-0.1, -0.05) is 6.07 Å². The van der Waals surface area contributed by atoms with E-state index < -0.39 is 0 Å². The van der Waals surface area contributed by atoms with Crippen LogP contribution < -0.4 is 10.1 Å². The van der Waals surface area contributed by atoms with Gasteiger partial charge in [0, 0.05) is 19.0 Å². The Hall–Kier alpha value is -0.290. The molecule has 0 heterocycles. The van der Waals surface area contributed by atoms with Crippen molar-refractivity contribution in [3.8, 4) is 5.75 Å². The molecule has 0 aliphatic heterocycles. The summed E-state index contributed by atoms with van der Waals surface area (Å²) in [6.07, 6.45) is 0.994. The third-order valence-corrected chi connectivity index (χ3v) is 3.18.